The lowest BCUT2D eigenvalue weighted by Gasteiger charge is -2.09. The molecule has 170 valence electrons. The summed E-state index contributed by atoms with van der Waals surface area (Å²) in [7, 11) is 0. The Hall–Kier alpha value is -3.00. The van der Waals surface area contributed by atoms with E-state index in [0.717, 1.165) is 36.8 Å². The molecule has 0 saturated carbocycles. The van der Waals surface area contributed by atoms with Crippen LogP contribution in [0.5, 0.6) is 0 Å². The minimum absolute atomic E-state index is 0.371. The zero-order valence-corrected chi connectivity index (χ0v) is 19.5. The van der Waals surface area contributed by atoms with Crippen molar-refractivity contribution in [3.63, 3.8) is 0 Å². The number of hydrogen-bond donors (Lipinski definition) is 0. The highest BCUT2D eigenvalue weighted by Crippen LogP contribution is 2.17. The Balaban J connectivity index is 1.88. The highest BCUT2D eigenvalue weighted by molar-refractivity contribution is 6.01. The fourth-order valence-corrected chi connectivity index (χ4v) is 3.12. The molecule has 1 unspecified atom stereocenters. The lowest BCUT2D eigenvalue weighted by Crippen LogP contribution is -2.23. The SMILES string of the molecule is CCCCC#CC(=O)C(C)OC(=O)c1ccc(-c2ncc(CCCCCCC)cn2)cc1. The molecule has 5 heteroatoms. The van der Waals surface area contributed by atoms with Gasteiger partial charge >= 0.3 is 5.97 Å². The van der Waals surface area contributed by atoms with Crippen LogP contribution in [-0.4, -0.2) is 27.8 Å². The number of rotatable bonds is 12. The quantitative estimate of drug-likeness (QED) is 0.178. The summed E-state index contributed by atoms with van der Waals surface area (Å²) in [6, 6.07) is 6.89. The van der Waals surface area contributed by atoms with Crippen LogP contribution in [0.3, 0.4) is 0 Å². The van der Waals surface area contributed by atoms with Crippen LogP contribution in [0, 0.1) is 11.8 Å². The number of benzene rings is 1. The predicted molar refractivity (Wildman–Crippen MR) is 127 cm³/mol. The smallest absolute Gasteiger partial charge is 0.338 e. The molecule has 0 amide bonds. The Kier molecular flexibility index (Phi) is 11.2. The minimum Gasteiger partial charge on any atom is -0.450 e. The highest BCUT2D eigenvalue weighted by Gasteiger charge is 2.17. The van der Waals surface area contributed by atoms with Crippen molar-refractivity contribution in [2.75, 3.05) is 0 Å². The second-order valence-electron chi connectivity index (χ2n) is 7.97. The number of hydrogen-bond acceptors (Lipinski definition) is 5. The average Bonchev–Trinajstić information content (AvgIpc) is 2.82. The first-order valence-electron chi connectivity index (χ1n) is 11.7. The fraction of sp³-hybridized carbons (Fsp3) is 0.481. The molecule has 0 bridgehead atoms. The summed E-state index contributed by atoms with van der Waals surface area (Å²) in [5.74, 6) is 5.05. The van der Waals surface area contributed by atoms with Crippen LogP contribution in [0.25, 0.3) is 11.4 Å². The number of esters is 1. The van der Waals surface area contributed by atoms with E-state index in [1.807, 2.05) is 12.4 Å². The largest absolute Gasteiger partial charge is 0.450 e. The molecular formula is C27H34N2O3. The van der Waals surface area contributed by atoms with Gasteiger partial charge in [0.15, 0.2) is 11.9 Å². The van der Waals surface area contributed by atoms with Gasteiger partial charge in [0.25, 0.3) is 0 Å². The molecule has 1 aromatic heterocycles. The molecule has 0 fully saturated rings. The van der Waals surface area contributed by atoms with Crippen molar-refractivity contribution in [1.82, 2.24) is 9.97 Å². The van der Waals surface area contributed by atoms with Crippen molar-refractivity contribution in [2.24, 2.45) is 0 Å². The Labute approximate surface area is 192 Å². The van der Waals surface area contributed by atoms with Gasteiger partial charge in [-0.25, -0.2) is 14.8 Å². The van der Waals surface area contributed by atoms with Crippen molar-refractivity contribution in [3.8, 4) is 23.2 Å². The van der Waals surface area contributed by atoms with E-state index < -0.39 is 12.1 Å². The number of carbonyl (C=O) groups is 2. The molecule has 32 heavy (non-hydrogen) atoms. The van der Waals surface area contributed by atoms with E-state index in [1.54, 1.807) is 31.2 Å². The summed E-state index contributed by atoms with van der Waals surface area (Å²) in [5, 5.41) is 0. The Morgan fingerprint density at radius 2 is 1.59 bits per heavy atom. The molecule has 0 aliphatic heterocycles. The number of carbonyl (C=O) groups excluding carboxylic acids is 2. The van der Waals surface area contributed by atoms with Gasteiger partial charge in [0.05, 0.1) is 5.56 Å². The number of nitrogens with zero attached hydrogens (tertiary/aromatic N) is 2. The summed E-state index contributed by atoms with van der Waals surface area (Å²) >= 11 is 0. The number of ether oxygens (including phenoxy) is 1. The van der Waals surface area contributed by atoms with Crippen LogP contribution in [0.15, 0.2) is 36.7 Å². The van der Waals surface area contributed by atoms with Crippen molar-refractivity contribution in [3.05, 3.63) is 47.8 Å². The van der Waals surface area contributed by atoms with Crippen LogP contribution < -0.4 is 0 Å². The van der Waals surface area contributed by atoms with Gasteiger partial charge in [0.1, 0.15) is 0 Å². The monoisotopic (exact) mass is 434 g/mol. The molecule has 2 aromatic rings. The third-order valence-corrected chi connectivity index (χ3v) is 5.17. The molecule has 0 N–H and O–H groups in total. The molecule has 0 spiro atoms. The van der Waals surface area contributed by atoms with Gasteiger partial charge in [0.2, 0.25) is 5.78 Å². The van der Waals surface area contributed by atoms with E-state index in [0.29, 0.717) is 17.8 Å². The van der Waals surface area contributed by atoms with Crippen LogP contribution in [0.2, 0.25) is 0 Å². The van der Waals surface area contributed by atoms with E-state index in [9.17, 15) is 9.59 Å². The van der Waals surface area contributed by atoms with E-state index in [1.165, 1.54) is 25.7 Å². The molecule has 0 aliphatic carbocycles. The molecule has 1 heterocycles. The van der Waals surface area contributed by atoms with E-state index in [4.69, 9.17) is 4.74 Å². The number of aryl methyl sites for hydroxylation is 1. The zero-order chi connectivity index (χ0) is 23.2. The van der Waals surface area contributed by atoms with E-state index >= 15 is 0 Å². The van der Waals surface area contributed by atoms with Crippen molar-refractivity contribution in [1.29, 1.82) is 0 Å². The Morgan fingerprint density at radius 3 is 2.25 bits per heavy atom. The van der Waals surface area contributed by atoms with Crippen LogP contribution >= 0.6 is 0 Å². The number of Topliss-reactive ketones (excluding diaryl/α,β-unsaturated/α-hetero) is 1. The predicted octanol–water partition coefficient (Wildman–Crippen LogP) is 5.96. The van der Waals surface area contributed by atoms with Crippen molar-refractivity contribution in [2.45, 2.75) is 84.7 Å². The summed E-state index contributed by atoms with van der Waals surface area (Å²) in [5.41, 5.74) is 2.33. The topological polar surface area (TPSA) is 69.2 Å². The number of ketones is 1. The maximum absolute atomic E-state index is 12.3. The standard InChI is InChI=1S/C27H34N2O3/c1-4-6-8-10-11-13-22-19-28-26(29-20-22)23-15-17-24(18-16-23)27(31)32-21(3)25(30)14-12-9-7-5-2/h15-21H,4-11,13H2,1-3H3. The molecule has 0 aliphatic rings. The van der Waals surface area contributed by atoms with Crippen LogP contribution in [0.1, 0.15) is 88.1 Å². The zero-order valence-electron chi connectivity index (χ0n) is 19.5. The van der Waals surface area contributed by atoms with Gasteiger partial charge in [-0.2, -0.15) is 0 Å². The summed E-state index contributed by atoms with van der Waals surface area (Å²) in [6.07, 6.45) is 12.7. The van der Waals surface area contributed by atoms with Gasteiger partial charge < -0.3 is 4.74 Å². The van der Waals surface area contributed by atoms with Gasteiger partial charge in [-0.1, -0.05) is 64.0 Å². The average molecular weight is 435 g/mol. The second-order valence-corrected chi connectivity index (χ2v) is 7.97. The summed E-state index contributed by atoms with van der Waals surface area (Å²) < 4.78 is 5.26. The van der Waals surface area contributed by atoms with E-state index in [-0.39, 0.29) is 5.78 Å². The lowest BCUT2D eigenvalue weighted by molar-refractivity contribution is -0.121. The Bertz CT molecular complexity index is 909. The van der Waals surface area contributed by atoms with Gasteiger partial charge in [-0.15, -0.1) is 0 Å². The summed E-state index contributed by atoms with van der Waals surface area (Å²) in [4.78, 5) is 33.3. The molecule has 0 saturated heterocycles. The third-order valence-electron chi connectivity index (χ3n) is 5.17. The van der Waals surface area contributed by atoms with E-state index in [2.05, 4.69) is 35.7 Å². The van der Waals surface area contributed by atoms with Crippen LogP contribution in [-0.2, 0) is 16.0 Å². The maximum Gasteiger partial charge on any atom is 0.338 e. The Morgan fingerprint density at radius 1 is 0.938 bits per heavy atom. The van der Waals surface area contributed by atoms with Gasteiger partial charge in [-0.3, -0.25) is 4.79 Å². The minimum atomic E-state index is -0.894. The maximum atomic E-state index is 12.3. The van der Waals surface area contributed by atoms with Crippen molar-refractivity contribution < 1.29 is 14.3 Å². The molecule has 1 aromatic carbocycles. The van der Waals surface area contributed by atoms with Gasteiger partial charge in [-0.05, 0) is 49.8 Å². The highest BCUT2D eigenvalue weighted by atomic mass is 16.5. The molecular weight excluding hydrogens is 400 g/mol. The first-order chi connectivity index (χ1) is 15.5. The molecule has 1 atom stereocenters. The second kappa shape index (κ2) is 14.1. The van der Waals surface area contributed by atoms with Crippen LogP contribution in [0.4, 0.5) is 0 Å². The summed E-state index contributed by atoms with van der Waals surface area (Å²) in [6.45, 7) is 5.83. The lowest BCUT2D eigenvalue weighted by atomic mass is 10.1. The molecule has 2 rings (SSSR count). The first-order valence-corrected chi connectivity index (χ1v) is 11.7. The molecule has 0 radical (unpaired) electrons. The molecule has 5 nitrogen and oxygen atoms in total. The number of aromatic nitrogens is 2. The fourth-order valence-electron chi connectivity index (χ4n) is 3.12. The number of unbranched alkanes of at least 4 members (excludes halogenated alkanes) is 6. The third kappa shape index (κ3) is 8.63. The normalized spacial score (nSPS) is 11.3. The van der Waals surface area contributed by atoms with Gasteiger partial charge in [0, 0.05) is 24.4 Å². The van der Waals surface area contributed by atoms with Crippen molar-refractivity contribution >= 4 is 11.8 Å². The first kappa shape index (κ1) is 25.3.